The summed E-state index contributed by atoms with van der Waals surface area (Å²) in [6, 6.07) is 6.46. The molecule has 0 amide bonds. The number of halogens is 1. The number of hydrogen-bond acceptors (Lipinski definition) is 1. The van der Waals surface area contributed by atoms with Crippen LogP contribution in [0, 0.1) is 5.82 Å². The van der Waals surface area contributed by atoms with E-state index in [0.717, 1.165) is 4.90 Å². The normalized spacial score (nSPS) is 9.56. The molecule has 0 atom stereocenters. The Morgan fingerprint density at radius 1 is 1.22 bits per heavy atom. The summed E-state index contributed by atoms with van der Waals surface area (Å²) >= 11 is 1.61. The quantitative estimate of drug-likeness (QED) is 0.543. The van der Waals surface area contributed by atoms with Gasteiger partial charge in [-0.05, 0) is 30.5 Å². The largest absolute Gasteiger partial charge is 0.207 e. The van der Waals surface area contributed by atoms with Crippen LogP contribution in [-0.2, 0) is 0 Å². The van der Waals surface area contributed by atoms with Crippen LogP contribution in [-0.4, -0.2) is 6.26 Å². The van der Waals surface area contributed by atoms with Gasteiger partial charge in [0.15, 0.2) is 0 Å². The second kappa shape index (κ2) is 2.87. The van der Waals surface area contributed by atoms with E-state index >= 15 is 0 Å². The lowest BCUT2D eigenvalue weighted by Crippen LogP contribution is -1.71. The third-order valence-corrected chi connectivity index (χ3v) is 1.79. The fourth-order valence-electron chi connectivity index (χ4n) is 0.571. The lowest BCUT2D eigenvalue weighted by molar-refractivity contribution is 0.626. The Bertz CT molecular complexity index is 181. The minimum Gasteiger partial charge on any atom is -0.207 e. The van der Waals surface area contributed by atoms with Crippen molar-refractivity contribution in [1.29, 1.82) is 0 Å². The topological polar surface area (TPSA) is 0 Å². The van der Waals surface area contributed by atoms with Gasteiger partial charge in [0, 0.05) is 4.90 Å². The number of rotatable bonds is 1. The highest BCUT2D eigenvalue weighted by Crippen LogP contribution is 2.13. The fraction of sp³-hybridized carbons (Fsp3) is 0.143. The van der Waals surface area contributed by atoms with Crippen LogP contribution in [0.2, 0.25) is 0 Å². The average Bonchev–Trinajstić information content (AvgIpc) is 1.90. The highest BCUT2D eigenvalue weighted by molar-refractivity contribution is 7.98. The monoisotopic (exact) mass is 142 g/mol. The van der Waals surface area contributed by atoms with Crippen LogP contribution in [0.3, 0.4) is 0 Å². The molecule has 0 nitrogen and oxygen atoms in total. The molecule has 1 aromatic rings. The summed E-state index contributed by atoms with van der Waals surface area (Å²) in [6.07, 6.45) is 1.97. The number of hydrogen-bond donors (Lipinski definition) is 0. The Morgan fingerprint density at radius 3 is 2.22 bits per heavy atom. The second-order valence-electron chi connectivity index (χ2n) is 1.66. The van der Waals surface area contributed by atoms with Gasteiger partial charge in [0.05, 0.1) is 0 Å². The smallest absolute Gasteiger partial charge is 0.123 e. The van der Waals surface area contributed by atoms with Crippen molar-refractivity contribution in [1.82, 2.24) is 0 Å². The first-order chi connectivity index (χ1) is 4.33. The van der Waals surface area contributed by atoms with E-state index in [1.165, 1.54) is 12.1 Å². The van der Waals surface area contributed by atoms with Gasteiger partial charge in [-0.15, -0.1) is 11.8 Å². The van der Waals surface area contributed by atoms with Crippen molar-refractivity contribution in [2.24, 2.45) is 0 Å². The zero-order valence-corrected chi connectivity index (χ0v) is 5.91. The van der Waals surface area contributed by atoms with E-state index in [2.05, 4.69) is 0 Å². The fourth-order valence-corrected chi connectivity index (χ4v) is 0.979. The van der Waals surface area contributed by atoms with Crippen molar-refractivity contribution < 1.29 is 4.39 Å². The first-order valence-corrected chi connectivity index (χ1v) is 3.85. The third kappa shape index (κ3) is 1.72. The number of thioether (sulfide) groups is 1. The SMILES string of the molecule is CSc1ccc(F)cc1. The molecule has 0 N–H and O–H groups in total. The summed E-state index contributed by atoms with van der Waals surface area (Å²) in [6.45, 7) is 0. The number of benzene rings is 1. The molecule has 0 bridgehead atoms. The average molecular weight is 142 g/mol. The van der Waals surface area contributed by atoms with Crippen molar-refractivity contribution in [3.63, 3.8) is 0 Å². The molecule has 0 unspecified atom stereocenters. The Morgan fingerprint density at radius 2 is 1.78 bits per heavy atom. The minimum atomic E-state index is -0.173. The third-order valence-electron chi connectivity index (χ3n) is 1.05. The van der Waals surface area contributed by atoms with Crippen LogP contribution in [0.5, 0.6) is 0 Å². The van der Waals surface area contributed by atoms with Crippen LogP contribution >= 0.6 is 11.8 Å². The van der Waals surface area contributed by atoms with E-state index in [4.69, 9.17) is 0 Å². The molecule has 0 aromatic heterocycles. The van der Waals surface area contributed by atoms with Gasteiger partial charge >= 0.3 is 0 Å². The lowest BCUT2D eigenvalue weighted by atomic mass is 10.4. The molecule has 9 heavy (non-hydrogen) atoms. The minimum absolute atomic E-state index is 0.173. The molecule has 48 valence electrons. The molecule has 0 saturated heterocycles. The first kappa shape index (κ1) is 6.62. The zero-order valence-electron chi connectivity index (χ0n) is 5.10. The Hall–Kier alpha value is -0.500. The van der Waals surface area contributed by atoms with Gasteiger partial charge in [0.2, 0.25) is 0 Å². The predicted molar refractivity (Wildman–Crippen MR) is 38.2 cm³/mol. The molecule has 2 heteroatoms. The molecule has 0 saturated carbocycles. The van der Waals surface area contributed by atoms with Crippen LogP contribution in [0.4, 0.5) is 4.39 Å². The van der Waals surface area contributed by atoms with Crippen LogP contribution < -0.4 is 0 Å². The molecule has 0 aliphatic carbocycles. The molecule has 1 aromatic carbocycles. The van der Waals surface area contributed by atoms with E-state index in [0.29, 0.717) is 0 Å². The van der Waals surface area contributed by atoms with Gasteiger partial charge in [-0.2, -0.15) is 0 Å². The van der Waals surface area contributed by atoms with E-state index in [9.17, 15) is 4.39 Å². The molecule has 1 rings (SSSR count). The Balaban J connectivity index is 2.88. The van der Waals surface area contributed by atoms with Crippen molar-refractivity contribution in [3.05, 3.63) is 30.1 Å². The Kier molecular flexibility index (Phi) is 2.11. The highest BCUT2D eigenvalue weighted by atomic mass is 32.2. The maximum absolute atomic E-state index is 12.2. The second-order valence-corrected chi connectivity index (χ2v) is 2.54. The van der Waals surface area contributed by atoms with E-state index in [1.807, 2.05) is 6.26 Å². The summed E-state index contributed by atoms with van der Waals surface area (Å²) in [5.41, 5.74) is 0. The van der Waals surface area contributed by atoms with Gasteiger partial charge in [0.25, 0.3) is 0 Å². The first-order valence-electron chi connectivity index (χ1n) is 2.62. The zero-order chi connectivity index (χ0) is 6.69. The summed E-state index contributed by atoms with van der Waals surface area (Å²) in [5, 5.41) is 0. The van der Waals surface area contributed by atoms with Gasteiger partial charge in [-0.1, -0.05) is 0 Å². The van der Waals surface area contributed by atoms with Gasteiger partial charge in [0.1, 0.15) is 5.82 Å². The van der Waals surface area contributed by atoms with Crippen molar-refractivity contribution in [2.75, 3.05) is 6.26 Å². The molecule has 0 aliphatic heterocycles. The maximum Gasteiger partial charge on any atom is 0.123 e. The molecule has 0 spiro atoms. The van der Waals surface area contributed by atoms with Crippen molar-refractivity contribution >= 4 is 11.8 Å². The summed E-state index contributed by atoms with van der Waals surface area (Å²) in [7, 11) is 0. The Labute approximate surface area is 58.1 Å². The van der Waals surface area contributed by atoms with Gasteiger partial charge in [-0.25, -0.2) is 4.39 Å². The highest BCUT2D eigenvalue weighted by Gasteiger charge is 1.88. The molecule has 0 radical (unpaired) electrons. The van der Waals surface area contributed by atoms with Gasteiger partial charge in [-0.3, -0.25) is 0 Å². The standard InChI is InChI=1S/C7H7FS/c1-9-7-4-2-6(8)3-5-7/h2-5H,1H3. The molecule has 0 fully saturated rings. The molecule has 0 aliphatic rings. The van der Waals surface area contributed by atoms with E-state index < -0.39 is 0 Å². The molecule has 0 heterocycles. The summed E-state index contributed by atoms with van der Waals surface area (Å²) in [4.78, 5) is 1.09. The van der Waals surface area contributed by atoms with Crippen LogP contribution in [0.25, 0.3) is 0 Å². The van der Waals surface area contributed by atoms with E-state index in [-0.39, 0.29) is 5.82 Å². The van der Waals surface area contributed by atoms with Crippen molar-refractivity contribution in [3.8, 4) is 0 Å². The molecular formula is C7H7FS. The van der Waals surface area contributed by atoms with E-state index in [1.54, 1.807) is 23.9 Å². The summed E-state index contributed by atoms with van der Waals surface area (Å²) in [5.74, 6) is -0.173. The lowest BCUT2D eigenvalue weighted by Gasteiger charge is -1.91. The maximum atomic E-state index is 12.2. The van der Waals surface area contributed by atoms with Crippen molar-refractivity contribution in [2.45, 2.75) is 4.90 Å². The predicted octanol–water partition coefficient (Wildman–Crippen LogP) is 2.55. The van der Waals surface area contributed by atoms with Crippen LogP contribution in [0.1, 0.15) is 0 Å². The molecular weight excluding hydrogens is 135 g/mol. The van der Waals surface area contributed by atoms with Crippen LogP contribution in [0.15, 0.2) is 29.2 Å². The van der Waals surface area contributed by atoms with Gasteiger partial charge < -0.3 is 0 Å². The summed E-state index contributed by atoms with van der Waals surface area (Å²) < 4.78 is 12.2.